The van der Waals surface area contributed by atoms with Crippen LogP contribution in [0.15, 0.2) is 72.3 Å². The van der Waals surface area contributed by atoms with Gasteiger partial charge in [0.05, 0.1) is 10.0 Å². The van der Waals surface area contributed by atoms with E-state index in [2.05, 4.69) is 54.7 Å². The lowest BCUT2D eigenvalue weighted by Gasteiger charge is -2.29. The Balaban J connectivity index is 1.52. The average Bonchev–Trinajstić information content (AvgIpc) is 3.70. The van der Waals surface area contributed by atoms with Gasteiger partial charge in [0.1, 0.15) is 0 Å². The van der Waals surface area contributed by atoms with Gasteiger partial charge in [-0.15, -0.1) is 0 Å². The van der Waals surface area contributed by atoms with Crippen LogP contribution in [-0.2, 0) is 11.3 Å². The van der Waals surface area contributed by atoms with Crippen molar-refractivity contribution in [3.63, 3.8) is 0 Å². The fourth-order valence-corrected chi connectivity index (χ4v) is 5.12. The van der Waals surface area contributed by atoms with Gasteiger partial charge < -0.3 is 10.2 Å². The van der Waals surface area contributed by atoms with Gasteiger partial charge in [-0.2, -0.15) is 0 Å². The van der Waals surface area contributed by atoms with Gasteiger partial charge in [-0.1, -0.05) is 77.8 Å². The second-order valence-corrected chi connectivity index (χ2v) is 10.00. The lowest BCUT2D eigenvalue weighted by atomic mass is 9.90. The second kappa shape index (κ2) is 9.95. The third-order valence-corrected chi connectivity index (χ3v) is 7.49. The normalized spacial score (nSPS) is 16.0. The molecule has 3 aromatic rings. The summed E-state index contributed by atoms with van der Waals surface area (Å²) in [5, 5.41) is 4.48. The third kappa shape index (κ3) is 4.93. The molecule has 34 heavy (non-hydrogen) atoms. The van der Waals surface area contributed by atoms with Crippen LogP contribution in [0.25, 0.3) is 16.7 Å². The van der Waals surface area contributed by atoms with Crippen LogP contribution in [0.4, 0.5) is 0 Å². The summed E-state index contributed by atoms with van der Waals surface area (Å²) in [5.41, 5.74) is 7.60. The summed E-state index contributed by atoms with van der Waals surface area (Å²) in [6.07, 6.45) is 2.89. The molecule has 0 saturated heterocycles. The second-order valence-electron chi connectivity index (χ2n) is 9.21. The predicted octanol–water partition coefficient (Wildman–Crippen LogP) is 6.91. The molecule has 2 aliphatic rings. The molecule has 1 fully saturated rings. The molecule has 0 radical (unpaired) electrons. The van der Waals surface area contributed by atoms with Crippen LogP contribution < -0.4 is 5.32 Å². The third-order valence-electron chi connectivity index (χ3n) is 6.63. The molecule has 3 nitrogen and oxygen atoms in total. The number of rotatable bonds is 6. The van der Waals surface area contributed by atoms with E-state index >= 15 is 0 Å². The Labute approximate surface area is 211 Å². The number of nitrogens with one attached hydrogen (secondary N) is 1. The van der Waals surface area contributed by atoms with Crippen molar-refractivity contribution >= 4 is 34.7 Å². The molecule has 3 aromatic carbocycles. The van der Waals surface area contributed by atoms with Crippen molar-refractivity contribution in [3.05, 3.63) is 99.0 Å². The molecule has 0 spiro atoms. The van der Waals surface area contributed by atoms with Crippen LogP contribution in [0, 0.1) is 6.92 Å². The number of hydrogen-bond acceptors (Lipinski definition) is 2. The smallest absolute Gasteiger partial charge is 0.251 e. The zero-order chi connectivity index (χ0) is 23.7. The van der Waals surface area contributed by atoms with E-state index in [1.165, 1.54) is 16.7 Å². The van der Waals surface area contributed by atoms with Gasteiger partial charge in [0.15, 0.2) is 0 Å². The Morgan fingerprint density at radius 2 is 1.74 bits per heavy atom. The van der Waals surface area contributed by atoms with Crippen molar-refractivity contribution in [2.45, 2.75) is 38.8 Å². The van der Waals surface area contributed by atoms with Gasteiger partial charge in [0.25, 0.3) is 5.91 Å². The Bertz CT molecular complexity index is 1250. The van der Waals surface area contributed by atoms with Crippen molar-refractivity contribution in [1.82, 2.24) is 10.2 Å². The van der Waals surface area contributed by atoms with Crippen molar-refractivity contribution in [2.75, 3.05) is 13.1 Å². The lowest BCUT2D eigenvalue weighted by Crippen LogP contribution is -2.39. The highest BCUT2D eigenvalue weighted by Crippen LogP contribution is 2.36. The highest BCUT2D eigenvalue weighted by molar-refractivity contribution is 6.42. The highest BCUT2D eigenvalue weighted by Gasteiger charge is 2.35. The number of nitrogens with zero attached hydrogens (tertiary/aromatic N) is 1. The number of hydrogen-bond donors (Lipinski definition) is 1. The van der Waals surface area contributed by atoms with Crippen molar-refractivity contribution in [1.29, 1.82) is 0 Å². The Kier molecular flexibility index (Phi) is 6.78. The molecule has 5 rings (SSSR count). The number of amides is 1. The van der Waals surface area contributed by atoms with E-state index in [4.69, 9.17) is 23.2 Å². The molecule has 1 aliphatic heterocycles. The van der Waals surface area contributed by atoms with E-state index in [1.807, 2.05) is 23.1 Å². The first-order valence-corrected chi connectivity index (χ1v) is 12.6. The molecule has 0 aromatic heterocycles. The monoisotopic (exact) mass is 490 g/mol. The summed E-state index contributed by atoms with van der Waals surface area (Å²) < 4.78 is 0. The van der Waals surface area contributed by atoms with Gasteiger partial charge in [0, 0.05) is 24.7 Å². The van der Waals surface area contributed by atoms with Gasteiger partial charge >= 0.3 is 0 Å². The van der Waals surface area contributed by atoms with E-state index in [-0.39, 0.29) is 11.9 Å². The molecule has 1 aliphatic carbocycles. The molecular weight excluding hydrogens is 463 g/mol. The SMILES string of the molecule is Cc1cc(C2=C(C(=O)N(Cc3cccc(Cl)c3Cl)C3CC3)CNCC2)cc(-c2ccccc2)c1. The van der Waals surface area contributed by atoms with E-state index < -0.39 is 0 Å². The zero-order valence-corrected chi connectivity index (χ0v) is 20.8. The molecule has 1 saturated carbocycles. The largest absolute Gasteiger partial charge is 0.332 e. The van der Waals surface area contributed by atoms with Crippen LogP contribution in [-0.4, -0.2) is 29.9 Å². The number of aryl methyl sites for hydroxylation is 1. The fraction of sp³-hybridized carbons (Fsp3) is 0.276. The molecule has 1 heterocycles. The quantitative estimate of drug-likeness (QED) is 0.407. The molecule has 174 valence electrons. The molecule has 0 atom stereocenters. The summed E-state index contributed by atoms with van der Waals surface area (Å²) in [7, 11) is 0. The first-order chi connectivity index (χ1) is 16.5. The predicted molar refractivity (Wildman–Crippen MR) is 141 cm³/mol. The zero-order valence-electron chi connectivity index (χ0n) is 19.3. The molecule has 1 N–H and O–H groups in total. The van der Waals surface area contributed by atoms with Crippen molar-refractivity contribution in [3.8, 4) is 11.1 Å². The van der Waals surface area contributed by atoms with Gasteiger partial charge in [-0.3, -0.25) is 4.79 Å². The van der Waals surface area contributed by atoms with Gasteiger partial charge in [0.2, 0.25) is 0 Å². The molecule has 0 unspecified atom stereocenters. The fourth-order valence-electron chi connectivity index (χ4n) is 4.74. The van der Waals surface area contributed by atoms with E-state index in [1.54, 1.807) is 6.07 Å². The number of carbonyl (C=O) groups excluding carboxylic acids is 1. The Morgan fingerprint density at radius 1 is 0.971 bits per heavy atom. The Morgan fingerprint density at radius 3 is 2.50 bits per heavy atom. The number of carbonyl (C=O) groups is 1. The van der Waals surface area contributed by atoms with Gasteiger partial charge in [-0.05, 0) is 78.3 Å². The lowest BCUT2D eigenvalue weighted by molar-refractivity contribution is -0.128. The molecule has 5 heteroatoms. The van der Waals surface area contributed by atoms with Gasteiger partial charge in [-0.25, -0.2) is 0 Å². The van der Waals surface area contributed by atoms with Crippen LogP contribution in [0.5, 0.6) is 0 Å². The topological polar surface area (TPSA) is 32.3 Å². The summed E-state index contributed by atoms with van der Waals surface area (Å²) in [6, 6.07) is 22.9. The minimum Gasteiger partial charge on any atom is -0.332 e. The van der Waals surface area contributed by atoms with Crippen LogP contribution in [0.2, 0.25) is 10.0 Å². The average molecular weight is 491 g/mol. The number of benzene rings is 3. The number of halogens is 2. The maximum absolute atomic E-state index is 14.0. The summed E-state index contributed by atoms with van der Waals surface area (Å²) in [4.78, 5) is 15.9. The van der Waals surface area contributed by atoms with Crippen molar-refractivity contribution in [2.24, 2.45) is 0 Å². The Hall–Kier alpha value is -2.59. The van der Waals surface area contributed by atoms with Crippen LogP contribution >= 0.6 is 23.2 Å². The summed E-state index contributed by atoms with van der Waals surface area (Å²) in [5.74, 6) is 0.100. The van der Waals surface area contributed by atoms with Crippen molar-refractivity contribution < 1.29 is 4.79 Å². The minimum absolute atomic E-state index is 0.100. The van der Waals surface area contributed by atoms with E-state index in [0.29, 0.717) is 23.1 Å². The summed E-state index contributed by atoms with van der Waals surface area (Å²) in [6.45, 7) is 4.04. The minimum atomic E-state index is 0.100. The molecule has 1 amide bonds. The maximum Gasteiger partial charge on any atom is 0.251 e. The molecule has 0 bridgehead atoms. The summed E-state index contributed by atoms with van der Waals surface area (Å²) >= 11 is 12.7. The molecular formula is C29H28Cl2N2O. The highest BCUT2D eigenvalue weighted by atomic mass is 35.5. The first kappa shape index (κ1) is 23.2. The first-order valence-electron chi connectivity index (χ1n) is 11.9. The standard InChI is InChI=1S/C29H28Cl2N2O/c1-19-14-22(20-6-3-2-4-7-20)16-23(15-19)25-12-13-32-17-26(25)29(34)33(24-10-11-24)18-21-8-5-9-27(30)28(21)31/h2-9,14-16,24,32H,10-13,17-18H2,1H3. The van der Waals surface area contributed by atoms with E-state index in [9.17, 15) is 4.79 Å². The van der Waals surface area contributed by atoms with E-state index in [0.717, 1.165) is 48.1 Å². The van der Waals surface area contributed by atoms with Crippen LogP contribution in [0.1, 0.15) is 36.0 Å². The maximum atomic E-state index is 14.0. The van der Waals surface area contributed by atoms with Crippen LogP contribution in [0.3, 0.4) is 0 Å².